The summed E-state index contributed by atoms with van der Waals surface area (Å²) >= 11 is 0. The number of nitrogens with one attached hydrogen (secondary N) is 1. The molecule has 0 aliphatic carbocycles. The molecule has 0 saturated heterocycles. The molecule has 0 spiro atoms. The van der Waals surface area contributed by atoms with Crippen molar-refractivity contribution in [2.75, 3.05) is 13.2 Å². The van der Waals surface area contributed by atoms with E-state index >= 15 is 0 Å². The topological polar surface area (TPSA) is 78.8 Å². The summed E-state index contributed by atoms with van der Waals surface area (Å²) in [5.41, 5.74) is 0.933. The second-order valence-corrected chi connectivity index (χ2v) is 5.27. The molecule has 0 bridgehead atoms. The highest BCUT2D eigenvalue weighted by Crippen LogP contribution is 2.08. The Labute approximate surface area is 135 Å². The number of para-hydroxylation sites is 1. The van der Waals surface area contributed by atoms with Crippen molar-refractivity contribution in [3.8, 4) is 5.75 Å². The summed E-state index contributed by atoms with van der Waals surface area (Å²) in [6.45, 7) is 0.255. The molecule has 0 saturated carbocycles. The van der Waals surface area contributed by atoms with Gasteiger partial charge in [-0.2, -0.15) is 0 Å². The molecule has 0 unspecified atom stereocenters. The summed E-state index contributed by atoms with van der Waals surface area (Å²) in [7, 11) is 0. The lowest BCUT2D eigenvalue weighted by atomic mass is 10.1. The van der Waals surface area contributed by atoms with Crippen molar-refractivity contribution in [1.29, 1.82) is 0 Å². The quantitative estimate of drug-likeness (QED) is 0.656. The summed E-state index contributed by atoms with van der Waals surface area (Å²) in [5, 5.41) is 22.1. The molecule has 3 N–H and O–H groups in total. The summed E-state index contributed by atoms with van der Waals surface area (Å²) in [6, 6.07) is 17.8. The molecule has 2 aromatic carbocycles. The third-order valence-corrected chi connectivity index (χ3v) is 3.37. The number of carbonyl (C=O) groups is 1. The first-order valence-electron chi connectivity index (χ1n) is 7.51. The van der Waals surface area contributed by atoms with Crippen LogP contribution in [0.5, 0.6) is 5.75 Å². The van der Waals surface area contributed by atoms with Gasteiger partial charge in [0.15, 0.2) is 0 Å². The highest BCUT2D eigenvalue weighted by atomic mass is 16.5. The van der Waals surface area contributed by atoms with E-state index in [1.165, 1.54) is 0 Å². The van der Waals surface area contributed by atoms with Crippen LogP contribution in [-0.2, 0) is 11.2 Å². The molecule has 0 heterocycles. The van der Waals surface area contributed by atoms with Gasteiger partial charge in [0, 0.05) is 6.54 Å². The lowest BCUT2D eigenvalue weighted by Crippen LogP contribution is -2.43. The summed E-state index contributed by atoms with van der Waals surface area (Å²) in [4.78, 5) is 11.3. The molecule has 2 atom stereocenters. The third kappa shape index (κ3) is 6.10. The molecule has 0 amide bonds. The van der Waals surface area contributed by atoms with E-state index in [4.69, 9.17) is 4.74 Å². The number of carboxylic acids is 1. The van der Waals surface area contributed by atoms with Gasteiger partial charge in [0.1, 0.15) is 24.5 Å². The minimum absolute atomic E-state index is 0.106. The maximum absolute atomic E-state index is 11.3. The summed E-state index contributed by atoms with van der Waals surface area (Å²) in [5.74, 6) is -0.268. The van der Waals surface area contributed by atoms with Crippen molar-refractivity contribution in [3.63, 3.8) is 0 Å². The van der Waals surface area contributed by atoms with E-state index in [0.717, 1.165) is 5.56 Å². The Hall–Kier alpha value is -2.37. The Bertz CT molecular complexity index is 588. The zero-order valence-corrected chi connectivity index (χ0v) is 12.8. The van der Waals surface area contributed by atoms with Crippen LogP contribution < -0.4 is 10.1 Å². The van der Waals surface area contributed by atoms with Gasteiger partial charge in [0.2, 0.25) is 0 Å². The first-order valence-corrected chi connectivity index (χ1v) is 7.51. The van der Waals surface area contributed by atoms with Crippen molar-refractivity contribution in [1.82, 2.24) is 5.32 Å². The summed E-state index contributed by atoms with van der Waals surface area (Å²) < 4.78 is 5.44. The SMILES string of the molecule is O=C(O)[C@@H](Cc1ccccc1)NC[C@@H](O)COc1ccccc1. The van der Waals surface area contributed by atoms with Crippen LogP contribution in [0.4, 0.5) is 0 Å². The summed E-state index contributed by atoms with van der Waals surface area (Å²) in [6.07, 6.45) is -0.421. The Balaban J connectivity index is 1.78. The van der Waals surface area contributed by atoms with Crippen molar-refractivity contribution < 1.29 is 19.7 Å². The fourth-order valence-electron chi connectivity index (χ4n) is 2.14. The highest BCUT2D eigenvalue weighted by Gasteiger charge is 2.18. The van der Waals surface area contributed by atoms with Gasteiger partial charge >= 0.3 is 5.97 Å². The Kier molecular flexibility index (Phi) is 6.59. The number of hydrogen-bond acceptors (Lipinski definition) is 4. The number of ether oxygens (including phenoxy) is 1. The van der Waals surface area contributed by atoms with Gasteiger partial charge in [-0.25, -0.2) is 0 Å². The largest absolute Gasteiger partial charge is 0.491 e. The minimum atomic E-state index is -0.940. The third-order valence-electron chi connectivity index (χ3n) is 3.37. The average Bonchev–Trinajstić information content (AvgIpc) is 2.58. The zero-order chi connectivity index (χ0) is 16.5. The molecule has 5 heteroatoms. The van der Waals surface area contributed by atoms with E-state index in [1.807, 2.05) is 48.5 Å². The Morgan fingerprint density at radius 1 is 1.04 bits per heavy atom. The lowest BCUT2D eigenvalue weighted by Gasteiger charge is -2.18. The van der Waals surface area contributed by atoms with E-state index in [0.29, 0.717) is 12.2 Å². The van der Waals surface area contributed by atoms with Crippen LogP contribution in [0.25, 0.3) is 0 Å². The van der Waals surface area contributed by atoms with Crippen molar-refractivity contribution in [2.45, 2.75) is 18.6 Å². The molecule has 122 valence electrons. The molecular weight excluding hydrogens is 294 g/mol. The number of rotatable bonds is 9. The molecule has 0 radical (unpaired) electrons. The molecule has 5 nitrogen and oxygen atoms in total. The zero-order valence-electron chi connectivity index (χ0n) is 12.8. The van der Waals surface area contributed by atoms with Crippen LogP contribution in [0.1, 0.15) is 5.56 Å². The van der Waals surface area contributed by atoms with Gasteiger partial charge < -0.3 is 20.3 Å². The number of aliphatic carboxylic acids is 1. The van der Waals surface area contributed by atoms with E-state index in [2.05, 4.69) is 5.32 Å². The van der Waals surface area contributed by atoms with Crippen LogP contribution in [0.15, 0.2) is 60.7 Å². The predicted octanol–water partition coefficient (Wildman–Crippen LogP) is 1.71. The smallest absolute Gasteiger partial charge is 0.321 e. The average molecular weight is 315 g/mol. The van der Waals surface area contributed by atoms with Gasteiger partial charge in [-0.1, -0.05) is 48.5 Å². The fourth-order valence-corrected chi connectivity index (χ4v) is 2.14. The number of carboxylic acid groups (broad SMARTS) is 1. The van der Waals surface area contributed by atoms with Gasteiger partial charge in [-0.15, -0.1) is 0 Å². The standard InChI is InChI=1S/C18H21NO4/c20-15(13-23-16-9-5-2-6-10-16)12-19-17(18(21)22)11-14-7-3-1-4-8-14/h1-10,15,17,19-20H,11-13H2,(H,21,22)/t15-,17-/m1/s1. The molecule has 0 aromatic heterocycles. The van der Waals surface area contributed by atoms with Gasteiger partial charge in [0.25, 0.3) is 0 Å². The van der Waals surface area contributed by atoms with E-state index in [1.54, 1.807) is 12.1 Å². The number of aliphatic hydroxyl groups is 1. The van der Waals surface area contributed by atoms with Crippen LogP contribution in [0, 0.1) is 0 Å². The predicted molar refractivity (Wildman–Crippen MR) is 87.5 cm³/mol. The molecular formula is C18H21NO4. The van der Waals surface area contributed by atoms with Crippen LogP contribution in [0.2, 0.25) is 0 Å². The highest BCUT2D eigenvalue weighted by molar-refractivity contribution is 5.73. The molecule has 2 aromatic rings. The van der Waals surface area contributed by atoms with Gasteiger partial charge in [-0.3, -0.25) is 4.79 Å². The van der Waals surface area contributed by atoms with E-state index in [9.17, 15) is 15.0 Å². The number of hydrogen-bond donors (Lipinski definition) is 3. The Morgan fingerprint density at radius 3 is 2.26 bits per heavy atom. The maximum Gasteiger partial charge on any atom is 0.321 e. The first-order chi connectivity index (χ1) is 11.1. The molecule has 0 fully saturated rings. The fraction of sp³-hybridized carbons (Fsp3) is 0.278. The number of aliphatic hydroxyl groups excluding tert-OH is 1. The first kappa shape index (κ1) is 17.0. The molecule has 0 aliphatic rings. The van der Waals surface area contributed by atoms with Crippen LogP contribution in [0.3, 0.4) is 0 Å². The molecule has 2 rings (SSSR count). The monoisotopic (exact) mass is 315 g/mol. The second kappa shape index (κ2) is 8.92. The minimum Gasteiger partial charge on any atom is -0.491 e. The van der Waals surface area contributed by atoms with Gasteiger partial charge in [0.05, 0.1) is 0 Å². The molecule has 0 aliphatic heterocycles. The maximum atomic E-state index is 11.3. The van der Waals surface area contributed by atoms with E-state index < -0.39 is 18.1 Å². The normalized spacial score (nSPS) is 13.3. The lowest BCUT2D eigenvalue weighted by molar-refractivity contribution is -0.139. The van der Waals surface area contributed by atoms with E-state index in [-0.39, 0.29) is 13.2 Å². The van der Waals surface area contributed by atoms with Crippen molar-refractivity contribution in [2.24, 2.45) is 0 Å². The Morgan fingerprint density at radius 2 is 1.65 bits per heavy atom. The number of benzene rings is 2. The van der Waals surface area contributed by atoms with Crippen molar-refractivity contribution in [3.05, 3.63) is 66.2 Å². The van der Waals surface area contributed by atoms with Gasteiger partial charge in [-0.05, 0) is 24.1 Å². The van der Waals surface area contributed by atoms with Crippen molar-refractivity contribution >= 4 is 5.97 Å². The van der Waals surface area contributed by atoms with Crippen LogP contribution >= 0.6 is 0 Å². The molecule has 23 heavy (non-hydrogen) atoms. The van der Waals surface area contributed by atoms with Crippen LogP contribution in [-0.4, -0.2) is 41.5 Å². The second-order valence-electron chi connectivity index (χ2n) is 5.27.